The summed E-state index contributed by atoms with van der Waals surface area (Å²) in [6.45, 7) is 0.439. The van der Waals surface area contributed by atoms with Crippen LogP contribution in [0.1, 0.15) is 5.56 Å². The summed E-state index contributed by atoms with van der Waals surface area (Å²) in [4.78, 5) is 6.37. The lowest BCUT2D eigenvalue weighted by atomic mass is 9.99. The summed E-state index contributed by atoms with van der Waals surface area (Å²) < 4.78 is 5.42. The first kappa shape index (κ1) is 13.4. The molecule has 0 amide bonds. The standard InChI is InChI=1S/C15H19N3O/c1-18(2)15-13(10-16)11(8-9-17-15)12-6-4-5-7-14(12)19-3/h4-9H,10,16H2,1-3H3. The largest absolute Gasteiger partial charge is 0.496 e. The molecule has 0 spiro atoms. The zero-order valence-corrected chi connectivity index (χ0v) is 11.6. The molecule has 0 aliphatic rings. The lowest BCUT2D eigenvalue weighted by molar-refractivity contribution is 0.416. The van der Waals surface area contributed by atoms with E-state index in [0.717, 1.165) is 28.3 Å². The van der Waals surface area contributed by atoms with Gasteiger partial charge in [-0.2, -0.15) is 0 Å². The maximum atomic E-state index is 5.91. The van der Waals surface area contributed by atoms with Crippen LogP contribution in [-0.4, -0.2) is 26.2 Å². The fourth-order valence-corrected chi connectivity index (χ4v) is 2.19. The molecule has 19 heavy (non-hydrogen) atoms. The summed E-state index contributed by atoms with van der Waals surface area (Å²) in [5.41, 5.74) is 9.04. The van der Waals surface area contributed by atoms with Crippen molar-refractivity contribution in [2.24, 2.45) is 5.73 Å². The maximum absolute atomic E-state index is 5.91. The third-order valence-electron chi connectivity index (χ3n) is 3.06. The number of nitrogens with two attached hydrogens (primary N) is 1. The van der Waals surface area contributed by atoms with Crippen LogP contribution >= 0.6 is 0 Å². The van der Waals surface area contributed by atoms with Gasteiger partial charge in [-0.25, -0.2) is 4.98 Å². The minimum absolute atomic E-state index is 0.439. The second-order valence-electron chi connectivity index (χ2n) is 4.46. The zero-order chi connectivity index (χ0) is 13.8. The Morgan fingerprint density at radius 2 is 1.89 bits per heavy atom. The SMILES string of the molecule is COc1ccccc1-c1ccnc(N(C)C)c1CN. The predicted molar refractivity (Wildman–Crippen MR) is 78.4 cm³/mol. The number of rotatable bonds is 4. The fraction of sp³-hybridized carbons (Fsp3) is 0.267. The second kappa shape index (κ2) is 5.71. The fourth-order valence-electron chi connectivity index (χ4n) is 2.19. The van der Waals surface area contributed by atoms with Gasteiger partial charge in [0.25, 0.3) is 0 Å². The van der Waals surface area contributed by atoms with E-state index in [1.54, 1.807) is 13.3 Å². The Kier molecular flexibility index (Phi) is 4.02. The van der Waals surface area contributed by atoms with Crippen molar-refractivity contribution in [2.75, 3.05) is 26.1 Å². The van der Waals surface area contributed by atoms with Crippen molar-refractivity contribution in [3.63, 3.8) is 0 Å². The van der Waals surface area contributed by atoms with Gasteiger partial charge >= 0.3 is 0 Å². The average Bonchev–Trinajstić information content (AvgIpc) is 2.46. The zero-order valence-electron chi connectivity index (χ0n) is 11.6. The van der Waals surface area contributed by atoms with Gasteiger partial charge in [0.1, 0.15) is 11.6 Å². The Morgan fingerprint density at radius 3 is 2.53 bits per heavy atom. The minimum atomic E-state index is 0.439. The molecule has 2 rings (SSSR count). The van der Waals surface area contributed by atoms with E-state index in [4.69, 9.17) is 10.5 Å². The van der Waals surface area contributed by atoms with Crippen molar-refractivity contribution in [3.05, 3.63) is 42.1 Å². The topological polar surface area (TPSA) is 51.4 Å². The lowest BCUT2D eigenvalue weighted by Crippen LogP contribution is -2.15. The van der Waals surface area contributed by atoms with E-state index in [2.05, 4.69) is 4.98 Å². The van der Waals surface area contributed by atoms with Crippen molar-refractivity contribution >= 4 is 5.82 Å². The van der Waals surface area contributed by atoms with Crippen molar-refractivity contribution in [1.82, 2.24) is 4.98 Å². The molecule has 0 saturated heterocycles. The number of pyridine rings is 1. The molecule has 0 bridgehead atoms. The third kappa shape index (κ3) is 2.53. The van der Waals surface area contributed by atoms with Gasteiger partial charge in [0, 0.05) is 38.0 Å². The van der Waals surface area contributed by atoms with Crippen LogP contribution in [0.3, 0.4) is 0 Å². The van der Waals surface area contributed by atoms with Gasteiger partial charge in [0.2, 0.25) is 0 Å². The van der Waals surface area contributed by atoms with Gasteiger partial charge in [-0.1, -0.05) is 18.2 Å². The number of benzene rings is 1. The molecule has 0 aliphatic heterocycles. The first-order valence-corrected chi connectivity index (χ1v) is 6.17. The Labute approximate surface area is 113 Å². The van der Waals surface area contributed by atoms with E-state index in [-0.39, 0.29) is 0 Å². The summed E-state index contributed by atoms with van der Waals surface area (Å²) in [6.07, 6.45) is 1.80. The first-order valence-electron chi connectivity index (χ1n) is 6.17. The molecular formula is C15H19N3O. The number of nitrogens with zero attached hydrogens (tertiary/aromatic N) is 2. The molecule has 0 saturated carbocycles. The molecule has 100 valence electrons. The molecule has 4 nitrogen and oxygen atoms in total. The smallest absolute Gasteiger partial charge is 0.133 e. The summed E-state index contributed by atoms with van der Waals surface area (Å²) in [5.74, 6) is 1.74. The molecule has 0 radical (unpaired) electrons. The Hall–Kier alpha value is -2.07. The van der Waals surface area contributed by atoms with Crippen LogP contribution in [-0.2, 0) is 6.54 Å². The Morgan fingerprint density at radius 1 is 1.16 bits per heavy atom. The minimum Gasteiger partial charge on any atom is -0.496 e. The van der Waals surface area contributed by atoms with Gasteiger partial charge in [-0.15, -0.1) is 0 Å². The van der Waals surface area contributed by atoms with Crippen molar-refractivity contribution in [1.29, 1.82) is 0 Å². The molecule has 4 heteroatoms. The highest BCUT2D eigenvalue weighted by atomic mass is 16.5. The molecule has 2 N–H and O–H groups in total. The molecule has 0 atom stereocenters. The highest BCUT2D eigenvalue weighted by Crippen LogP contribution is 2.34. The van der Waals surface area contributed by atoms with Crippen LogP contribution in [0.2, 0.25) is 0 Å². The van der Waals surface area contributed by atoms with Crippen LogP contribution in [0.15, 0.2) is 36.5 Å². The second-order valence-corrected chi connectivity index (χ2v) is 4.46. The number of anilines is 1. The van der Waals surface area contributed by atoms with Gasteiger partial charge in [0.15, 0.2) is 0 Å². The van der Waals surface area contributed by atoms with Crippen LogP contribution < -0.4 is 15.4 Å². The first-order chi connectivity index (χ1) is 9.19. The molecule has 0 unspecified atom stereocenters. The van der Waals surface area contributed by atoms with Gasteiger partial charge in [-0.3, -0.25) is 0 Å². The van der Waals surface area contributed by atoms with Gasteiger partial charge < -0.3 is 15.4 Å². The number of aromatic nitrogens is 1. The molecule has 2 aromatic rings. The number of ether oxygens (including phenoxy) is 1. The molecule has 0 fully saturated rings. The molecule has 1 aromatic heterocycles. The number of hydrogen-bond donors (Lipinski definition) is 1. The van der Waals surface area contributed by atoms with Gasteiger partial charge in [-0.05, 0) is 17.7 Å². The number of methoxy groups -OCH3 is 1. The number of hydrogen-bond acceptors (Lipinski definition) is 4. The Balaban J connectivity index is 2.65. The lowest BCUT2D eigenvalue weighted by Gasteiger charge is -2.19. The summed E-state index contributed by atoms with van der Waals surface area (Å²) in [5, 5.41) is 0. The Bertz CT molecular complexity index is 567. The highest BCUT2D eigenvalue weighted by Gasteiger charge is 2.14. The summed E-state index contributed by atoms with van der Waals surface area (Å²) >= 11 is 0. The van der Waals surface area contributed by atoms with Crippen molar-refractivity contribution < 1.29 is 4.74 Å². The molecule has 1 heterocycles. The molecular weight excluding hydrogens is 238 g/mol. The molecule has 0 aliphatic carbocycles. The predicted octanol–water partition coefficient (Wildman–Crippen LogP) is 2.28. The van der Waals surface area contributed by atoms with Crippen molar-refractivity contribution in [3.8, 4) is 16.9 Å². The molecule has 1 aromatic carbocycles. The van der Waals surface area contributed by atoms with E-state index < -0.39 is 0 Å². The van der Waals surface area contributed by atoms with Crippen LogP contribution in [0.4, 0.5) is 5.82 Å². The highest BCUT2D eigenvalue weighted by molar-refractivity contribution is 5.76. The normalized spacial score (nSPS) is 10.3. The van der Waals surface area contributed by atoms with Crippen LogP contribution in [0.25, 0.3) is 11.1 Å². The maximum Gasteiger partial charge on any atom is 0.133 e. The van der Waals surface area contributed by atoms with Gasteiger partial charge in [0.05, 0.1) is 7.11 Å². The van der Waals surface area contributed by atoms with Crippen LogP contribution in [0.5, 0.6) is 5.75 Å². The van der Waals surface area contributed by atoms with E-state index in [1.165, 1.54) is 0 Å². The van der Waals surface area contributed by atoms with E-state index in [0.29, 0.717) is 6.54 Å². The monoisotopic (exact) mass is 257 g/mol. The summed E-state index contributed by atoms with van der Waals surface area (Å²) in [7, 11) is 5.61. The number of para-hydroxylation sites is 1. The van der Waals surface area contributed by atoms with E-state index >= 15 is 0 Å². The van der Waals surface area contributed by atoms with E-state index in [1.807, 2.05) is 49.3 Å². The van der Waals surface area contributed by atoms with Crippen LogP contribution in [0, 0.1) is 0 Å². The third-order valence-corrected chi connectivity index (χ3v) is 3.06. The quantitative estimate of drug-likeness (QED) is 0.913. The summed E-state index contributed by atoms with van der Waals surface area (Å²) in [6, 6.07) is 9.91. The van der Waals surface area contributed by atoms with E-state index in [9.17, 15) is 0 Å². The average molecular weight is 257 g/mol. The van der Waals surface area contributed by atoms with Crippen molar-refractivity contribution in [2.45, 2.75) is 6.54 Å².